The predicted molar refractivity (Wildman–Crippen MR) is 77.3 cm³/mol. The number of rotatable bonds is 4. The van der Waals surface area contributed by atoms with Crippen LogP contribution in [0.15, 0.2) is 35.7 Å². The summed E-state index contributed by atoms with van der Waals surface area (Å²) in [5.74, 6) is 1.73. The number of thiophene rings is 1. The molecule has 1 aliphatic heterocycles. The summed E-state index contributed by atoms with van der Waals surface area (Å²) in [6.07, 6.45) is 0. The largest absolute Gasteiger partial charge is 0.486 e. The number of fused-ring (bicyclic) bond motifs is 1. The molecule has 2 aromatic rings. The van der Waals surface area contributed by atoms with Crippen LogP contribution < -0.4 is 14.8 Å². The number of hydrogen-bond donors (Lipinski definition) is 1. The smallest absolute Gasteiger partial charge is 0.166 e. The Kier molecular flexibility index (Phi) is 3.71. The van der Waals surface area contributed by atoms with E-state index in [2.05, 4.69) is 35.8 Å². The molecular formula is C15H17NO2S. The lowest BCUT2D eigenvalue weighted by molar-refractivity contribution is 0.169. The first-order valence-corrected chi connectivity index (χ1v) is 7.43. The second kappa shape index (κ2) is 5.63. The molecule has 1 aromatic heterocycles. The van der Waals surface area contributed by atoms with Crippen LogP contribution in [0, 0.1) is 0 Å². The zero-order chi connectivity index (χ0) is 13.1. The first-order valence-electron chi connectivity index (χ1n) is 6.55. The van der Waals surface area contributed by atoms with E-state index in [4.69, 9.17) is 9.47 Å². The Balaban J connectivity index is 2.03. The predicted octanol–water partition coefficient (Wildman–Crippen LogP) is 3.22. The van der Waals surface area contributed by atoms with Crippen LogP contribution in [0.1, 0.15) is 23.4 Å². The van der Waals surface area contributed by atoms with Gasteiger partial charge in [-0.3, -0.25) is 0 Å². The number of nitrogens with one attached hydrogen (secondary N) is 1. The summed E-state index contributed by atoms with van der Waals surface area (Å²) in [4.78, 5) is 1.30. The molecule has 2 heterocycles. The van der Waals surface area contributed by atoms with Crippen LogP contribution in [-0.4, -0.2) is 19.8 Å². The van der Waals surface area contributed by atoms with Crippen molar-refractivity contribution in [2.75, 3.05) is 19.8 Å². The van der Waals surface area contributed by atoms with Crippen LogP contribution in [0.25, 0.3) is 0 Å². The highest BCUT2D eigenvalue weighted by Crippen LogP contribution is 2.39. The number of para-hydroxylation sites is 1. The summed E-state index contributed by atoms with van der Waals surface area (Å²) in [7, 11) is 0. The number of benzene rings is 1. The zero-order valence-corrected chi connectivity index (χ0v) is 11.7. The van der Waals surface area contributed by atoms with Gasteiger partial charge in [0.1, 0.15) is 13.2 Å². The Bertz CT molecular complexity index is 539. The van der Waals surface area contributed by atoms with E-state index in [0.29, 0.717) is 13.2 Å². The maximum Gasteiger partial charge on any atom is 0.166 e. The van der Waals surface area contributed by atoms with E-state index in [1.807, 2.05) is 12.1 Å². The average molecular weight is 275 g/mol. The molecular weight excluding hydrogens is 258 g/mol. The molecule has 1 atom stereocenters. The lowest BCUT2D eigenvalue weighted by atomic mass is 10.0. The normalized spacial score (nSPS) is 15.2. The van der Waals surface area contributed by atoms with Crippen LogP contribution in [0.4, 0.5) is 0 Å². The monoisotopic (exact) mass is 275 g/mol. The molecule has 0 spiro atoms. The van der Waals surface area contributed by atoms with E-state index in [9.17, 15) is 0 Å². The summed E-state index contributed by atoms with van der Waals surface area (Å²) in [6, 6.07) is 10.5. The molecule has 3 nitrogen and oxygen atoms in total. The molecule has 100 valence electrons. The number of ether oxygens (including phenoxy) is 2. The molecule has 4 heteroatoms. The maximum absolute atomic E-state index is 5.82. The molecule has 0 saturated heterocycles. The lowest BCUT2D eigenvalue weighted by Gasteiger charge is -2.25. The first-order chi connectivity index (χ1) is 9.40. The van der Waals surface area contributed by atoms with Gasteiger partial charge in [0.15, 0.2) is 11.5 Å². The Hall–Kier alpha value is -1.52. The third-order valence-electron chi connectivity index (χ3n) is 3.14. The van der Waals surface area contributed by atoms with Crippen LogP contribution in [0.2, 0.25) is 0 Å². The van der Waals surface area contributed by atoms with Crippen molar-refractivity contribution in [3.05, 3.63) is 46.2 Å². The topological polar surface area (TPSA) is 30.5 Å². The standard InChI is InChI=1S/C15H17NO2S/c1-2-16-14(13-7-4-10-19-13)11-5-3-6-12-15(11)18-9-8-17-12/h3-7,10,14,16H,2,8-9H2,1H3. The van der Waals surface area contributed by atoms with Crippen molar-refractivity contribution in [2.45, 2.75) is 13.0 Å². The molecule has 0 aliphatic carbocycles. The van der Waals surface area contributed by atoms with Crippen LogP contribution in [0.5, 0.6) is 11.5 Å². The lowest BCUT2D eigenvalue weighted by Crippen LogP contribution is -2.24. The summed E-state index contributed by atoms with van der Waals surface area (Å²) < 4.78 is 11.5. The van der Waals surface area contributed by atoms with Gasteiger partial charge < -0.3 is 14.8 Å². The van der Waals surface area contributed by atoms with Gasteiger partial charge in [-0.1, -0.05) is 25.1 Å². The Morgan fingerprint density at radius 1 is 1.21 bits per heavy atom. The minimum absolute atomic E-state index is 0.168. The van der Waals surface area contributed by atoms with Crippen molar-refractivity contribution in [1.82, 2.24) is 5.32 Å². The quantitative estimate of drug-likeness (QED) is 0.929. The molecule has 1 N–H and O–H groups in total. The fourth-order valence-corrected chi connectivity index (χ4v) is 3.16. The van der Waals surface area contributed by atoms with Gasteiger partial charge in [-0.25, -0.2) is 0 Å². The molecule has 1 aliphatic rings. The van der Waals surface area contributed by atoms with Crippen molar-refractivity contribution in [3.8, 4) is 11.5 Å². The van der Waals surface area contributed by atoms with Gasteiger partial charge in [0.25, 0.3) is 0 Å². The Morgan fingerprint density at radius 3 is 2.89 bits per heavy atom. The second-order valence-corrected chi connectivity index (χ2v) is 5.36. The minimum Gasteiger partial charge on any atom is -0.486 e. The third kappa shape index (κ3) is 2.46. The fourth-order valence-electron chi connectivity index (χ4n) is 2.35. The molecule has 0 bridgehead atoms. The highest BCUT2D eigenvalue weighted by atomic mass is 32.1. The van der Waals surface area contributed by atoms with Crippen LogP contribution in [-0.2, 0) is 0 Å². The zero-order valence-electron chi connectivity index (χ0n) is 10.9. The molecule has 1 aromatic carbocycles. The number of hydrogen-bond acceptors (Lipinski definition) is 4. The third-order valence-corrected chi connectivity index (χ3v) is 4.08. The van der Waals surface area contributed by atoms with Crippen molar-refractivity contribution in [2.24, 2.45) is 0 Å². The van der Waals surface area contributed by atoms with Gasteiger partial charge in [0.2, 0.25) is 0 Å². The van der Waals surface area contributed by atoms with Gasteiger partial charge in [-0.2, -0.15) is 0 Å². The molecule has 3 rings (SSSR count). The van der Waals surface area contributed by atoms with Gasteiger partial charge in [-0.15, -0.1) is 11.3 Å². The summed E-state index contributed by atoms with van der Waals surface area (Å²) in [5, 5.41) is 5.63. The first kappa shape index (κ1) is 12.5. The molecule has 0 amide bonds. The Morgan fingerprint density at radius 2 is 2.11 bits per heavy atom. The van der Waals surface area contributed by atoms with Gasteiger partial charge >= 0.3 is 0 Å². The second-order valence-electron chi connectivity index (χ2n) is 4.38. The highest BCUT2D eigenvalue weighted by molar-refractivity contribution is 7.10. The molecule has 0 saturated carbocycles. The minimum atomic E-state index is 0.168. The molecule has 0 fully saturated rings. The maximum atomic E-state index is 5.82. The van der Waals surface area contributed by atoms with Crippen molar-refractivity contribution < 1.29 is 9.47 Å². The van der Waals surface area contributed by atoms with Crippen molar-refractivity contribution in [1.29, 1.82) is 0 Å². The van der Waals surface area contributed by atoms with E-state index in [-0.39, 0.29) is 6.04 Å². The summed E-state index contributed by atoms with van der Waals surface area (Å²) in [5.41, 5.74) is 1.15. The SMILES string of the molecule is CCNC(c1cccs1)c1cccc2c1OCCO2. The molecule has 0 radical (unpaired) electrons. The average Bonchev–Trinajstić information content (AvgIpc) is 2.98. The fraction of sp³-hybridized carbons (Fsp3) is 0.333. The molecule has 19 heavy (non-hydrogen) atoms. The van der Waals surface area contributed by atoms with E-state index in [1.165, 1.54) is 4.88 Å². The van der Waals surface area contributed by atoms with Gasteiger partial charge in [0.05, 0.1) is 6.04 Å². The summed E-state index contributed by atoms with van der Waals surface area (Å²) >= 11 is 1.76. The molecule has 1 unspecified atom stereocenters. The van der Waals surface area contributed by atoms with E-state index < -0.39 is 0 Å². The summed E-state index contributed by atoms with van der Waals surface area (Å²) in [6.45, 7) is 4.27. The van der Waals surface area contributed by atoms with Crippen molar-refractivity contribution in [3.63, 3.8) is 0 Å². The van der Waals surface area contributed by atoms with Crippen molar-refractivity contribution >= 4 is 11.3 Å². The van der Waals surface area contributed by atoms with Crippen LogP contribution in [0.3, 0.4) is 0 Å². The highest BCUT2D eigenvalue weighted by Gasteiger charge is 2.23. The Labute approximate surface area is 117 Å². The van der Waals surface area contributed by atoms with Gasteiger partial charge in [-0.05, 0) is 24.1 Å². The van der Waals surface area contributed by atoms with E-state index in [0.717, 1.165) is 23.6 Å². The van der Waals surface area contributed by atoms with Crippen LogP contribution >= 0.6 is 11.3 Å². The van der Waals surface area contributed by atoms with Gasteiger partial charge in [0, 0.05) is 10.4 Å². The van der Waals surface area contributed by atoms with E-state index >= 15 is 0 Å². The van der Waals surface area contributed by atoms with E-state index in [1.54, 1.807) is 11.3 Å².